The lowest BCUT2D eigenvalue weighted by Crippen LogP contribution is -2.29. The van der Waals surface area contributed by atoms with E-state index in [0.29, 0.717) is 18.8 Å². The van der Waals surface area contributed by atoms with Crippen LogP contribution < -0.4 is 9.44 Å². The maximum atomic E-state index is 11.6. The third kappa shape index (κ3) is 12.6. The van der Waals surface area contributed by atoms with Crippen molar-refractivity contribution in [3.63, 3.8) is 0 Å². The van der Waals surface area contributed by atoms with Gasteiger partial charge in [0.05, 0.1) is 11.5 Å². The highest BCUT2D eigenvalue weighted by molar-refractivity contribution is 7.89. The summed E-state index contributed by atoms with van der Waals surface area (Å²) in [6, 6.07) is 16.9. The summed E-state index contributed by atoms with van der Waals surface area (Å²) < 4.78 is 51.2. The molecule has 4 N–H and O–H groups in total. The van der Waals surface area contributed by atoms with Crippen molar-refractivity contribution in [3.8, 4) is 0 Å². The number of hydrogen-bond acceptors (Lipinski definition) is 6. The number of fused-ring (bicyclic) bond motifs is 2. The van der Waals surface area contributed by atoms with Crippen molar-refractivity contribution in [1.82, 2.24) is 29.2 Å². The molecule has 1 saturated heterocycles. The predicted molar refractivity (Wildman–Crippen MR) is 228 cm³/mol. The fraction of sp³-hybridized carbons (Fsp3) is 0.550. The van der Waals surface area contributed by atoms with Crippen LogP contribution in [0.1, 0.15) is 68.2 Å². The molecule has 0 spiro atoms. The quantitative estimate of drug-likeness (QED) is 0.118. The van der Waals surface area contributed by atoms with Crippen molar-refractivity contribution in [2.24, 2.45) is 0 Å². The highest BCUT2D eigenvalue weighted by Crippen LogP contribution is 2.33. The molecule has 2 aliphatic rings. The molecule has 13 heteroatoms. The molecule has 1 fully saturated rings. The van der Waals surface area contributed by atoms with E-state index in [0.717, 1.165) is 54.8 Å². The Morgan fingerprint density at radius 3 is 1.75 bits per heavy atom. The number of rotatable bonds is 13. The minimum Gasteiger partial charge on any atom is -0.361 e. The largest absolute Gasteiger partial charge is 0.361 e. The number of H-pyrrole nitrogens is 2. The normalized spacial score (nSPS) is 16.3. The summed E-state index contributed by atoms with van der Waals surface area (Å²) in [5.74, 6) is 0.835. The van der Waals surface area contributed by atoms with Crippen LogP contribution in [0.15, 0.2) is 54.9 Å². The van der Waals surface area contributed by atoms with Crippen molar-refractivity contribution >= 4 is 56.2 Å². The molecule has 2 aromatic carbocycles. The predicted octanol–water partition coefficient (Wildman–Crippen LogP) is 6.32. The fourth-order valence-corrected chi connectivity index (χ4v) is 10.3. The van der Waals surface area contributed by atoms with Gasteiger partial charge in [-0.2, -0.15) is 0 Å². The molecule has 6 rings (SSSR count). The highest BCUT2D eigenvalue weighted by atomic mass is 32.2. The van der Waals surface area contributed by atoms with E-state index in [1.54, 1.807) is 0 Å². The smallest absolute Gasteiger partial charge is 0.211 e. The maximum absolute atomic E-state index is 11.6. The van der Waals surface area contributed by atoms with Gasteiger partial charge in [0.25, 0.3) is 0 Å². The molecule has 0 radical (unpaired) electrons. The summed E-state index contributed by atoms with van der Waals surface area (Å²) in [7, 11) is 0.717. The number of aromatic amines is 2. The number of sulfonamides is 2. The second-order valence-electron chi connectivity index (χ2n) is 14.7. The molecule has 0 aliphatic carbocycles. The molecule has 10 nitrogen and oxygen atoms in total. The lowest BCUT2D eigenvalue weighted by Gasteiger charge is -2.28. The molecule has 0 bridgehead atoms. The zero-order valence-corrected chi connectivity index (χ0v) is 35.9. The molecule has 294 valence electrons. The van der Waals surface area contributed by atoms with E-state index in [2.05, 4.69) is 101 Å². The fourth-order valence-electron chi connectivity index (χ4n) is 7.18. The second kappa shape index (κ2) is 20.2. The number of benzene rings is 2. The highest BCUT2D eigenvalue weighted by Gasteiger charge is 2.21. The minimum absolute atomic E-state index is 0.113. The zero-order chi connectivity index (χ0) is 38.6. The van der Waals surface area contributed by atoms with E-state index in [4.69, 9.17) is 0 Å². The topological polar surface area (TPSA) is 130 Å². The third-order valence-electron chi connectivity index (χ3n) is 11.1. The van der Waals surface area contributed by atoms with Crippen LogP contribution in [0.25, 0.3) is 27.4 Å². The van der Waals surface area contributed by atoms with Gasteiger partial charge in [-0.15, -0.1) is 0 Å². The molecule has 2 aromatic heterocycles. The molecular formula is C40H64N6O4S2Si. The Hall–Kier alpha value is -2.78. The average Bonchev–Trinajstić information content (AvgIpc) is 3.79. The van der Waals surface area contributed by atoms with Crippen LogP contribution in [0.2, 0.25) is 18.1 Å². The lowest BCUT2D eigenvalue weighted by molar-refractivity contribution is 0.256. The standard InChI is InChI=1S/C17H25N3O2S.C17H23N3O2S.C6H16Si/c2*1-18-23(21,22)10-7-13-3-4-17-15(11-13)16(12-19-17)14-5-8-20(2)9-6-14;1-4-7(5-2)6-3/h3-4,11-12,14,18-19H,5-10H2,1-2H3;3-5,11-12,18-19H,6-10H2,1-2H3;7H,4-6H2,1-3H3. The molecule has 53 heavy (non-hydrogen) atoms. The Morgan fingerprint density at radius 1 is 0.736 bits per heavy atom. The first-order valence-electron chi connectivity index (χ1n) is 19.4. The Morgan fingerprint density at radius 2 is 1.26 bits per heavy atom. The van der Waals surface area contributed by atoms with Gasteiger partial charge in [0, 0.05) is 61.6 Å². The first-order chi connectivity index (χ1) is 25.3. The molecule has 0 saturated carbocycles. The van der Waals surface area contributed by atoms with Gasteiger partial charge >= 0.3 is 0 Å². The van der Waals surface area contributed by atoms with E-state index in [9.17, 15) is 16.8 Å². The number of piperidine rings is 1. The molecule has 4 heterocycles. The number of hydrogen-bond donors (Lipinski definition) is 4. The Kier molecular flexibility index (Phi) is 16.4. The van der Waals surface area contributed by atoms with Gasteiger partial charge in [0.2, 0.25) is 20.0 Å². The van der Waals surface area contributed by atoms with E-state index in [-0.39, 0.29) is 20.3 Å². The lowest BCUT2D eigenvalue weighted by atomic mass is 9.89. The number of nitrogens with zero attached hydrogens (tertiary/aromatic N) is 2. The zero-order valence-electron chi connectivity index (χ0n) is 33.1. The van der Waals surface area contributed by atoms with Gasteiger partial charge < -0.3 is 19.8 Å². The van der Waals surface area contributed by atoms with E-state index in [1.165, 1.54) is 72.5 Å². The van der Waals surface area contributed by atoms with Gasteiger partial charge in [-0.05, 0) is 126 Å². The van der Waals surface area contributed by atoms with Crippen molar-refractivity contribution in [1.29, 1.82) is 0 Å². The van der Waals surface area contributed by atoms with Gasteiger partial charge in [0.15, 0.2) is 0 Å². The second-order valence-corrected chi connectivity index (χ2v) is 22.9. The summed E-state index contributed by atoms with van der Waals surface area (Å²) in [5, 5.41) is 2.43. The third-order valence-corrected chi connectivity index (χ3v) is 17.3. The number of likely N-dealkylation sites (tertiary alicyclic amines) is 1. The summed E-state index contributed by atoms with van der Waals surface area (Å²) in [6.45, 7) is 11.3. The monoisotopic (exact) mass is 784 g/mol. The summed E-state index contributed by atoms with van der Waals surface area (Å²) >= 11 is 0. The van der Waals surface area contributed by atoms with Crippen LogP contribution in [-0.2, 0) is 32.9 Å². The molecule has 2 aliphatic heterocycles. The summed E-state index contributed by atoms with van der Waals surface area (Å²) in [4.78, 5) is 11.4. The molecule has 0 amide bonds. The Balaban J connectivity index is 0.000000201. The van der Waals surface area contributed by atoms with Crippen molar-refractivity contribution in [2.75, 3.05) is 65.9 Å². The average molecular weight is 785 g/mol. The van der Waals surface area contributed by atoms with E-state index in [1.807, 2.05) is 18.2 Å². The van der Waals surface area contributed by atoms with Crippen LogP contribution >= 0.6 is 0 Å². The van der Waals surface area contributed by atoms with E-state index >= 15 is 0 Å². The summed E-state index contributed by atoms with van der Waals surface area (Å²) in [6.07, 6.45) is 10.9. The van der Waals surface area contributed by atoms with Gasteiger partial charge in [-0.1, -0.05) is 57.1 Å². The van der Waals surface area contributed by atoms with E-state index < -0.39 is 20.0 Å². The molecule has 4 aromatic rings. The maximum Gasteiger partial charge on any atom is 0.211 e. The summed E-state index contributed by atoms with van der Waals surface area (Å²) in [5.41, 5.74) is 8.35. The minimum atomic E-state index is -3.17. The van der Waals surface area contributed by atoms with Crippen LogP contribution in [0.5, 0.6) is 0 Å². The number of aryl methyl sites for hydroxylation is 2. The van der Waals surface area contributed by atoms with Gasteiger partial charge in [-0.25, -0.2) is 26.3 Å². The van der Waals surface area contributed by atoms with Crippen molar-refractivity contribution in [2.45, 2.75) is 76.9 Å². The van der Waals surface area contributed by atoms with Crippen LogP contribution in [0, 0.1) is 0 Å². The van der Waals surface area contributed by atoms with Crippen LogP contribution in [0.4, 0.5) is 0 Å². The molecular weight excluding hydrogens is 721 g/mol. The van der Waals surface area contributed by atoms with Crippen molar-refractivity contribution < 1.29 is 16.8 Å². The number of likely N-dealkylation sites (N-methyl/N-ethyl adjacent to an activating group) is 1. The van der Waals surface area contributed by atoms with Gasteiger partial charge in [-0.3, -0.25) is 0 Å². The van der Waals surface area contributed by atoms with Gasteiger partial charge in [0.1, 0.15) is 0 Å². The Bertz CT molecular complexity index is 1990. The SMILES string of the molecule is CC[SiH](CC)CC.CNS(=O)(=O)CCc1ccc2[nH]cc(C3=CCN(C)CC3)c2c1.CNS(=O)(=O)CCc1ccc2[nH]cc(C3CCN(C)CC3)c2c1. The molecule has 0 atom stereocenters. The van der Waals surface area contributed by atoms with Crippen LogP contribution in [0.3, 0.4) is 0 Å². The Labute approximate surface area is 320 Å². The van der Waals surface area contributed by atoms with Crippen molar-refractivity contribution in [3.05, 3.63) is 77.1 Å². The first kappa shape index (κ1) is 43.0. The molecule has 0 unspecified atom stereocenters. The number of nitrogens with one attached hydrogen (secondary N) is 4. The van der Waals surface area contributed by atoms with Crippen LogP contribution in [-0.4, -0.2) is 111 Å². The first-order valence-corrected chi connectivity index (χ1v) is 25.2. The number of aromatic nitrogens is 2.